The van der Waals surface area contributed by atoms with Crippen LogP contribution in [0.25, 0.3) is 66.1 Å². The van der Waals surface area contributed by atoms with E-state index in [2.05, 4.69) is 246 Å². The summed E-state index contributed by atoms with van der Waals surface area (Å²) in [4.78, 5) is 2.40. The third-order valence-corrected chi connectivity index (χ3v) is 12.1. The largest absolute Gasteiger partial charge is 0.310 e. The summed E-state index contributed by atoms with van der Waals surface area (Å²) in [5.41, 5.74) is 15.6. The Morgan fingerprint density at radius 3 is 1.75 bits per heavy atom. The van der Waals surface area contributed by atoms with Crippen molar-refractivity contribution < 1.29 is 0 Å². The van der Waals surface area contributed by atoms with Gasteiger partial charge in [-0.2, -0.15) is 0 Å². The molecule has 284 valence electrons. The molecule has 0 saturated carbocycles. The highest BCUT2D eigenvalue weighted by Crippen LogP contribution is 2.45. The van der Waals surface area contributed by atoms with Gasteiger partial charge in [0.1, 0.15) is 0 Å². The van der Waals surface area contributed by atoms with Gasteiger partial charge in [-0.25, -0.2) is 0 Å². The van der Waals surface area contributed by atoms with Crippen molar-refractivity contribution in [3.05, 3.63) is 248 Å². The third kappa shape index (κ3) is 6.40. The van der Waals surface area contributed by atoms with Gasteiger partial charge in [0.15, 0.2) is 0 Å². The first-order valence-electron chi connectivity index (χ1n) is 20.9. The van der Waals surface area contributed by atoms with E-state index in [1.807, 2.05) is 0 Å². The lowest BCUT2D eigenvalue weighted by atomic mass is 9.88. The Morgan fingerprint density at radius 2 is 1.03 bits per heavy atom. The second-order valence-corrected chi connectivity index (χ2v) is 15.7. The van der Waals surface area contributed by atoms with E-state index in [0.29, 0.717) is 5.92 Å². The van der Waals surface area contributed by atoms with E-state index in [1.165, 1.54) is 71.5 Å². The molecule has 10 aromatic rings. The molecule has 9 aromatic carbocycles. The average Bonchev–Trinajstić information content (AvgIpc) is 3.66. The molecule has 0 radical (unpaired) electrons. The molecule has 11 rings (SSSR count). The number of hydrogen-bond donors (Lipinski definition) is 0. The number of rotatable bonds is 8. The maximum Gasteiger partial charge on any atom is 0.0553 e. The highest BCUT2D eigenvalue weighted by Gasteiger charge is 2.21. The number of allylic oxidation sites excluding steroid dienone is 4. The number of nitrogens with zero attached hydrogens (tertiary/aromatic N) is 2. The second-order valence-electron chi connectivity index (χ2n) is 15.7. The minimum Gasteiger partial charge on any atom is -0.310 e. The summed E-state index contributed by atoms with van der Waals surface area (Å²) >= 11 is 0. The quantitative estimate of drug-likeness (QED) is 0.150. The molecule has 1 heterocycles. The number of benzene rings is 9. The second kappa shape index (κ2) is 15.2. The van der Waals surface area contributed by atoms with E-state index >= 15 is 0 Å². The van der Waals surface area contributed by atoms with Crippen LogP contribution in [0.2, 0.25) is 0 Å². The van der Waals surface area contributed by atoms with Gasteiger partial charge in [-0.05, 0) is 117 Å². The van der Waals surface area contributed by atoms with Gasteiger partial charge in [-0.1, -0.05) is 176 Å². The van der Waals surface area contributed by atoms with Crippen molar-refractivity contribution in [3.63, 3.8) is 0 Å². The minimum atomic E-state index is 0.334. The van der Waals surface area contributed by atoms with Gasteiger partial charge in [-0.3, -0.25) is 0 Å². The van der Waals surface area contributed by atoms with Gasteiger partial charge >= 0.3 is 0 Å². The van der Waals surface area contributed by atoms with Crippen LogP contribution in [0, 0.1) is 0 Å². The smallest absolute Gasteiger partial charge is 0.0553 e. The summed E-state index contributed by atoms with van der Waals surface area (Å²) in [5, 5.41) is 4.97. The molecule has 0 spiro atoms. The predicted octanol–water partition coefficient (Wildman–Crippen LogP) is 15.9. The topological polar surface area (TPSA) is 8.17 Å². The van der Waals surface area contributed by atoms with Gasteiger partial charge < -0.3 is 9.47 Å². The average molecular weight is 767 g/mol. The third-order valence-electron chi connectivity index (χ3n) is 12.1. The van der Waals surface area contributed by atoms with Crippen LogP contribution in [0.4, 0.5) is 17.1 Å². The Hall–Kier alpha value is -7.68. The number of aromatic nitrogens is 1. The van der Waals surface area contributed by atoms with Gasteiger partial charge in [0.2, 0.25) is 0 Å². The van der Waals surface area contributed by atoms with Crippen LogP contribution >= 0.6 is 0 Å². The lowest BCUT2D eigenvalue weighted by Gasteiger charge is -2.27. The van der Waals surface area contributed by atoms with Crippen LogP contribution in [0.5, 0.6) is 0 Å². The van der Waals surface area contributed by atoms with E-state index in [1.54, 1.807) is 0 Å². The van der Waals surface area contributed by atoms with Crippen molar-refractivity contribution in [1.82, 2.24) is 4.57 Å². The fourth-order valence-corrected chi connectivity index (χ4v) is 9.21. The molecule has 1 unspecified atom stereocenters. The first-order chi connectivity index (χ1) is 29.8. The van der Waals surface area contributed by atoms with E-state index in [9.17, 15) is 0 Å². The fraction of sp³-hybridized carbons (Fsp3) is 0.0345. The molecule has 0 bridgehead atoms. The van der Waals surface area contributed by atoms with Crippen molar-refractivity contribution >= 4 is 55.2 Å². The number of anilines is 3. The van der Waals surface area contributed by atoms with Gasteiger partial charge in [0.05, 0.1) is 11.0 Å². The highest BCUT2D eigenvalue weighted by atomic mass is 15.1. The Labute approximate surface area is 351 Å². The first-order valence-corrected chi connectivity index (χ1v) is 20.9. The Balaban J connectivity index is 1.05. The SMILES string of the molecule is C1=CC(c2ccc(N(c3ccc(-c4ccccc4)cc3)c3cccc(-c4c5ccccc5cc5c4c4ccccc4n5-c4ccccc4)c3)cc2)CC=C1c1ccccc1. The summed E-state index contributed by atoms with van der Waals surface area (Å²) in [6.07, 6.45) is 8.00. The maximum absolute atomic E-state index is 2.42. The molecule has 0 saturated heterocycles. The zero-order valence-electron chi connectivity index (χ0n) is 33.2. The standard InChI is InChI=1S/C58H42N2/c1-4-15-41(16-5-1)43-27-29-44(30-28-43)46-33-37-51(38-34-46)59(50-35-31-45(32-36-50)42-17-6-2-7-18-42)52-23-14-20-48(39-52)57-53-24-11-10-19-47(53)40-56-58(57)54-25-12-13-26-55(54)60(56)49-21-8-3-9-22-49/h1-29,31-40,44H,30H2. The minimum absolute atomic E-state index is 0.334. The van der Waals surface area contributed by atoms with Gasteiger partial charge in [0.25, 0.3) is 0 Å². The van der Waals surface area contributed by atoms with Crippen molar-refractivity contribution in [2.75, 3.05) is 4.90 Å². The molecular weight excluding hydrogens is 725 g/mol. The molecule has 2 heteroatoms. The van der Waals surface area contributed by atoms with Crippen LogP contribution in [-0.2, 0) is 0 Å². The lowest BCUT2D eigenvalue weighted by Crippen LogP contribution is -2.10. The van der Waals surface area contributed by atoms with Crippen LogP contribution in [-0.4, -0.2) is 4.57 Å². The van der Waals surface area contributed by atoms with Crippen LogP contribution in [0.1, 0.15) is 23.5 Å². The van der Waals surface area contributed by atoms with Crippen LogP contribution in [0.3, 0.4) is 0 Å². The summed E-state index contributed by atoms with van der Waals surface area (Å²) in [6, 6.07) is 79.4. The Morgan fingerprint density at radius 1 is 0.433 bits per heavy atom. The van der Waals surface area contributed by atoms with Crippen molar-refractivity contribution in [2.24, 2.45) is 0 Å². The Kier molecular flexibility index (Phi) is 9.02. The zero-order chi connectivity index (χ0) is 39.8. The molecule has 0 amide bonds. The number of fused-ring (bicyclic) bond motifs is 4. The first kappa shape index (κ1) is 35.5. The molecule has 1 aliphatic rings. The summed E-state index contributed by atoms with van der Waals surface area (Å²) < 4.78 is 2.42. The zero-order valence-corrected chi connectivity index (χ0v) is 33.2. The predicted molar refractivity (Wildman–Crippen MR) is 255 cm³/mol. The molecule has 1 aliphatic carbocycles. The maximum atomic E-state index is 2.42. The van der Waals surface area contributed by atoms with E-state index < -0.39 is 0 Å². The fourth-order valence-electron chi connectivity index (χ4n) is 9.21. The van der Waals surface area contributed by atoms with Crippen molar-refractivity contribution in [1.29, 1.82) is 0 Å². The lowest BCUT2D eigenvalue weighted by molar-refractivity contribution is 0.856. The number of hydrogen-bond acceptors (Lipinski definition) is 1. The highest BCUT2D eigenvalue weighted by molar-refractivity contribution is 6.23. The number of para-hydroxylation sites is 2. The molecule has 0 aliphatic heterocycles. The normalized spacial score (nSPS) is 13.8. The van der Waals surface area contributed by atoms with Crippen molar-refractivity contribution in [3.8, 4) is 27.9 Å². The van der Waals surface area contributed by atoms with E-state index in [-0.39, 0.29) is 0 Å². The Bertz CT molecular complexity index is 3190. The van der Waals surface area contributed by atoms with Crippen LogP contribution in [0.15, 0.2) is 237 Å². The van der Waals surface area contributed by atoms with Gasteiger partial charge in [-0.15, -0.1) is 0 Å². The molecule has 1 aromatic heterocycles. The molecule has 1 atom stereocenters. The van der Waals surface area contributed by atoms with E-state index in [0.717, 1.165) is 29.2 Å². The van der Waals surface area contributed by atoms with Crippen LogP contribution < -0.4 is 4.90 Å². The molecule has 60 heavy (non-hydrogen) atoms. The summed E-state index contributed by atoms with van der Waals surface area (Å²) in [7, 11) is 0. The molecular formula is C58H42N2. The van der Waals surface area contributed by atoms with E-state index in [4.69, 9.17) is 0 Å². The monoisotopic (exact) mass is 766 g/mol. The molecule has 2 nitrogen and oxygen atoms in total. The molecule has 0 N–H and O–H groups in total. The van der Waals surface area contributed by atoms with Crippen molar-refractivity contribution in [2.45, 2.75) is 12.3 Å². The summed E-state index contributed by atoms with van der Waals surface area (Å²) in [6.45, 7) is 0. The van der Waals surface area contributed by atoms with Gasteiger partial charge in [0, 0.05) is 39.4 Å². The summed E-state index contributed by atoms with van der Waals surface area (Å²) in [5.74, 6) is 0.334. The molecule has 0 fully saturated rings.